The number of aryl methyl sites for hydroxylation is 3. The van der Waals surface area contributed by atoms with Crippen LogP contribution in [0.5, 0.6) is 0 Å². The number of imidazole rings is 1. The Kier molecular flexibility index (Phi) is 2.39. The SMILES string of the molecule is Cc1nn(C)cc1-c1nc2c(C#N)cccc2n1C. The third kappa shape index (κ3) is 1.61. The van der Waals surface area contributed by atoms with Gasteiger partial charge < -0.3 is 4.57 Å². The van der Waals surface area contributed by atoms with Crippen molar-refractivity contribution >= 4 is 11.0 Å². The third-order valence-corrected chi connectivity index (χ3v) is 3.29. The summed E-state index contributed by atoms with van der Waals surface area (Å²) in [5.74, 6) is 0.836. The summed E-state index contributed by atoms with van der Waals surface area (Å²) >= 11 is 0. The summed E-state index contributed by atoms with van der Waals surface area (Å²) in [7, 11) is 3.85. The van der Waals surface area contributed by atoms with Crippen molar-refractivity contribution in [3.8, 4) is 17.5 Å². The quantitative estimate of drug-likeness (QED) is 0.665. The fourth-order valence-electron chi connectivity index (χ4n) is 2.36. The van der Waals surface area contributed by atoms with Gasteiger partial charge in [-0.25, -0.2) is 4.98 Å². The maximum atomic E-state index is 9.15. The summed E-state index contributed by atoms with van der Waals surface area (Å²) in [5.41, 5.74) is 4.22. The van der Waals surface area contributed by atoms with Crippen LogP contribution in [0, 0.1) is 18.3 Å². The molecule has 2 aromatic heterocycles. The van der Waals surface area contributed by atoms with Gasteiger partial charge in [-0.05, 0) is 19.1 Å². The molecule has 0 bridgehead atoms. The minimum atomic E-state index is 0.598. The number of para-hydroxylation sites is 1. The van der Waals surface area contributed by atoms with Crippen molar-refractivity contribution in [2.75, 3.05) is 0 Å². The molecule has 0 aliphatic rings. The summed E-state index contributed by atoms with van der Waals surface area (Å²) < 4.78 is 3.77. The molecule has 0 fully saturated rings. The number of rotatable bonds is 1. The zero-order valence-corrected chi connectivity index (χ0v) is 11.0. The highest BCUT2D eigenvalue weighted by atomic mass is 15.3. The molecular weight excluding hydrogens is 238 g/mol. The maximum Gasteiger partial charge on any atom is 0.144 e. The van der Waals surface area contributed by atoms with E-state index in [0.717, 1.165) is 28.1 Å². The van der Waals surface area contributed by atoms with Gasteiger partial charge in [0.15, 0.2) is 0 Å². The molecule has 2 heterocycles. The van der Waals surface area contributed by atoms with Gasteiger partial charge in [-0.1, -0.05) is 6.07 Å². The predicted molar refractivity (Wildman–Crippen MR) is 72.4 cm³/mol. The van der Waals surface area contributed by atoms with E-state index in [4.69, 9.17) is 5.26 Å². The summed E-state index contributed by atoms with van der Waals surface area (Å²) in [5, 5.41) is 13.5. The second kappa shape index (κ2) is 3.95. The Morgan fingerprint density at radius 2 is 2.05 bits per heavy atom. The maximum absolute atomic E-state index is 9.15. The molecule has 5 nitrogen and oxygen atoms in total. The molecule has 0 aliphatic heterocycles. The smallest absolute Gasteiger partial charge is 0.144 e. The standard InChI is InChI=1S/C14H13N5/c1-9-11(8-18(2)17-9)14-16-13-10(7-15)5-4-6-12(13)19(14)3/h4-6,8H,1-3H3. The second-order valence-corrected chi connectivity index (χ2v) is 4.58. The number of nitriles is 1. The molecule has 19 heavy (non-hydrogen) atoms. The van der Waals surface area contributed by atoms with Gasteiger partial charge in [-0.2, -0.15) is 10.4 Å². The zero-order chi connectivity index (χ0) is 13.6. The van der Waals surface area contributed by atoms with Crippen LogP contribution >= 0.6 is 0 Å². The Bertz CT molecular complexity index is 816. The Labute approximate surface area is 110 Å². The average Bonchev–Trinajstić information content (AvgIpc) is 2.90. The summed E-state index contributed by atoms with van der Waals surface area (Å²) in [6.45, 7) is 1.96. The largest absolute Gasteiger partial charge is 0.327 e. The van der Waals surface area contributed by atoms with Crippen molar-refractivity contribution < 1.29 is 0 Å². The molecule has 0 atom stereocenters. The lowest BCUT2D eigenvalue weighted by Gasteiger charge is -2.00. The lowest BCUT2D eigenvalue weighted by molar-refractivity contribution is 0.756. The molecule has 3 rings (SSSR count). The number of fused-ring (bicyclic) bond motifs is 1. The molecule has 0 spiro atoms. The molecule has 0 aliphatic carbocycles. The van der Waals surface area contributed by atoms with Crippen LogP contribution in [0.3, 0.4) is 0 Å². The van der Waals surface area contributed by atoms with Crippen LogP contribution in [0.4, 0.5) is 0 Å². The first-order valence-corrected chi connectivity index (χ1v) is 5.98. The fourth-order valence-corrected chi connectivity index (χ4v) is 2.36. The molecule has 1 aromatic carbocycles. The third-order valence-electron chi connectivity index (χ3n) is 3.29. The molecular formula is C14H13N5. The highest BCUT2D eigenvalue weighted by Crippen LogP contribution is 2.26. The molecule has 94 valence electrons. The van der Waals surface area contributed by atoms with Crippen LogP contribution in [0.2, 0.25) is 0 Å². The van der Waals surface area contributed by atoms with Crippen LogP contribution in [-0.2, 0) is 14.1 Å². The monoisotopic (exact) mass is 251 g/mol. The number of benzene rings is 1. The van der Waals surface area contributed by atoms with Gasteiger partial charge in [-0.3, -0.25) is 4.68 Å². The molecule has 0 saturated heterocycles. The highest BCUT2D eigenvalue weighted by molar-refractivity contribution is 5.85. The topological polar surface area (TPSA) is 59.4 Å². The van der Waals surface area contributed by atoms with E-state index < -0.39 is 0 Å². The van der Waals surface area contributed by atoms with Crippen molar-refractivity contribution in [1.82, 2.24) is 19.3 Å². The van der Waals surface area contributed by atoms with Gasteiger partial charge in [0.05, 0.1) is 22.3 Å². The highest BCUT2D eigenvalue weighted by Gasteiger charge is 2.15. The predicted octanol–water partition coefficient (Wildman–Crippen LogP) is 2.15. The van der Waals surface area contributed by atoms with Crippen molar-refractivity contribution in [2.24, 2.45) is 14.1 Å². The molecule has 0 radical (unpaired) electrons. The van der Waals surface area contributed by atoms with E-state index in [1.165, 1.54) is 0 Å². The van der Waals surface area contributed by atoms with E-state index >= 15 is 0 Å². The van der Waals surface area contributed by atoms with Crippen molar-refractivity contribution in [1.29, 1.82) is 5.26 Å². The molecule has 0 amide bonds. The Morgan fingerprint density at radius 3 is 2.68 bits per heavy atom. The van der Waals surface area contributed by atoms with Crippen LogP contribution < -0.4 is 0 Å². The van der Waals surface area contributed by atoms with Gasteiger partial charge in [0, 0.05) is 20.3 Å². The van der Waals surface area contributed by atoms with Gasteiger partial charge in [0.2, 0.25) is 0 Å². The normalized spacial score (nSPS) is 10.8. The molecule has 0 unspecified atom stereocenters. The summed E-state index contributed by atoms with van der Waals surface area (Å²) in [4.78, 5) is 4.61. The lowest BCUT2D eigenvalue weighted by atomic mass is 10.2. The first kappa shape index (κ1) is 11.5. The summed E-state index contributed by atoms with van der Waals surface area (Å²) in [6.07, 6.45) is 1.95. The minimum Gasteiger partial charge on any atom is -0.327 e. The lowest BCUT2D eigenvalue weighted by Crippen LogP contribution is -1.92. The minimum absolute atomic E-state index is 0.598. The van der Waals surface area contributed by atoms with Crippen molar-refractivity contribution in [3.05, 3.63) is 35.7 Å². The van der Waals surface area contributed by atoms with Crippen LogP contribution in [0.1, 0.15) is 11.3 Å². The second-order valence-electron chi connectivity index (χ2n) is 4.58. The molecule has 5 heteroatoms. The van der Waals surface area contributed by atoms with E-state index in [2.05, 4.69) is 16.2 Å². The van der Waals surface area contributed by atoms with Gasteiger partial charge in [0.25, 0.3) is 0 Å². The number of hydrogen-bond acceptors (Lipinski definition) is 3. The van der Waals surface area contributed by atoms with Crippen LogP contribution in [0.15, 0.2) is 24.4 Å². The Hall–Kier alpha value is -2.61. The summed E-state index contributed by atoms with van der Waals surface area (Å²) in [6, 6.07) is 7.82. The van der Waals surface area contributed by atoms with E-state index in [1.807, 2.05) is 43.9 Å². The average molecular weight is 251 g/mol. The zero-order valence-electron chi connectivity index (χ0n) is 11.0. The van der Waals surface area contributed by atoms with E-state index in [-0.39, 0.29) is 0 Å². The van der Waals surface area contributed by atoms with Gasteiger partial charge in [-0.15, -0.1) is 0 Å². The first-order chi connectivity index (χ1) is 9.11. The van der Waals surface area contributed by atoms with Crippen LogP contribution in [-0.4, -0.2) is 19.3 Å². The fraction of sp³-hybridized carbons (Fsp3) is 0.214. The number of nitrogens with zero attached hydrogens (tertiary/aromatic N) is 5. The van der Waals surface area contributed by atoms with Crippen LogP contribution in [0.25, 0.3) is 22.4 Å². The van der Waals surface area contributed by atoms with Gasteiger partial charge in [0.1, 0.15) is 17.4 Å². The Morgan fingerprint density at radius 1 is 1.26 bits per heavy atom. The van der Waals surface area contributed by atoms with Gasteiger partial charge >= 0.3 is 0 Å². The van der Waals surface area contributed by atoms with Crippen molar-refractivity contribution in [3.63, 3.8) is 0 Å². The van der Waals surface area contributed by atoms with E-state index in [1.54, 1.807) is 10.7 Å². The van der Waals surface area contributed by atoms with E-state index in [9.17, 15) is 0 Å². The molecule has 0 saturated carbocycles. The molecule has 0 N–H and O–H groups in total. The van der Waals surface area contributed by atoms with Crippen molar-refractivity contribution in [2.45, 2.75) is 6.92 Å². The molecule has 3 aromatic rings. The number of hydrogen-bond donors (Lipinski definition) is 0. The number of aromatic nitrogens is 4. The van der Waals surface area contributed by atoms with E-state index in [0.29, 0.717) is 5.56 Å². The first-order valence-electron chi connectivity index (χ1n) is 5.98. The Balaban J connectivity index is 2.35.